The molecule has 0 aliphatic heterocycles. The summed E-state index contributed by atoms with van der Waals surface area (Å²) in [6, 6.07) is 7.06. The number of carbonyl (C=O) groups is 1. The van der Waals surface area contributed by atoms with Crippen LogP contribution in [-0.4, -0.2) is 29.3 Å². The van der Waals surface area contributed by atoms with E-state index in [1.54, 1.807) is 18.2 Å². The average Bonchev–Trinajstić information content (AvgIpc) is 2.86. The van der Waals surface area contributed by atoms with Gasteiger partial charge in [-0.05, 0) is 37.3 Å². The molecule has 0 atom stereocenters. The van der Waals surface area contributed by atoms with Crippen molar-refractivity contribution in [3.8, 4) is 10.9 Å². The predicted octanol–water partition coefficient (Wildman–Crippen LogP) is 2.59. The Kier molecular flexibility index (Phi) is 4.52. The van der Waals surface area contributed by atoms with Crippen molar-refractivity contribution in [3.05, 3.63) is 29.8 Å². The Balaban J connectivity index is 2.16. The largest absolute Gasteiger partial charge is 0.490 e. The van der Waals surface area contributed by atoms with E-state index in [0.717, 1.165) is 11.3 Å². The number of nitrogens with one attached hydrogen (secondary N) is 1. The van der Waals surface area contributed by atoms with Gasteiger partial charge in [-0.25, -0.2) is 0 Å². The third kappa shape index (κ3) is 3.45. The highest BCUT2D eigenvalue weighted by molar-refractivity contribution is 7.17. The van der Waals surface area contributed by atoms with Crippen LogP contribution in [0, 0.1) is 0 Å². The lowest BCUT2D eigenvalue weighted by molar-refractivity contribution is 0.102. The van der Waals surface area contributed by atoms with E-state index in [4.69, 9.17) is 9.47 Å². The van der Waals surface area contributed by atoms with E-state index in [9.17, 15) is 4.79 Å². The molecule has 0 unspecified atom stereocenters. The molecule has 0 saturated carbocycles. The molecule has 0 aliphatic carbocycles. The first-order valence-corrected chi connectivity index (χ1v) is 6.86. The van der Waals surface area contributed by atoms with Gasteiger partial charge in [0, 0.05) is 0 Å². The van der Waals surface area contributed by atoms with Gasteiger partial charge < -0.3 is 9.47 Å². The highest BCUT2D eigenvalue weighted by Crippen LogP contribution is 2.24. The molecule has 0 bridgehead atoms. The average molecular weight is 293 g/mol. The molecule has 1 amide bonds. The number of carbonyl (C=O) groups excluding carboxylic acids is 1. The molecule has 1 aromatic carbocycles. The Labute approximate surface area is 120 Å². The Bertz CT molecular complexity index is 598. The Morgan fingerprint density at radius 2 is 2.05 bits per heavy atom. The van der Waals surface area contributed by atoms with E-state index in [-0.39, 0.29) is 12.0 Å². The summed E-state index contributed by atoms with van der Waals surface area (Å²) in [4.78, 5) is 12.2. The first-order chi connectivity index (χ1) is 9.60. The van der Waals surface area contributed by atoms with Gasteiger partial charge in [0.25, 0.3) is 11.1 Å². The second-order valence-electron chi connectivity index (χ2n) is 4.19. The number of para-hydroxylation sites is 1. The number of amides is 1. The summed E-state index contributed by atoms with van der Waals surface area (Å²) in [5.41, 5.74) is 0.454. The van der Waals surface area contributed by atoms with E-state index < -0.39 is 0 Å². The van der Waals surface area contributed by atoms with Gasteiger partial charge in [0.15, 0.2) is 0 Å². The van der Waals surface area contributed by atoms with Crippen LogP contribution in [0.25, 0.3) is 0 Å². The standard InChI is InChI=1S/C13H15N3O3S/c1-8(2)19-10-7-5-4-6-9(10)11(17)14-12-15-16-13(18-3)20-12/h4-8H,1-3H3,(H,14,15,17). The second kappa shape index (κ2) is 6.33. The molecule has 106 valence electrons. The van der Waals surface area contributed by atoms with E-state index in [1.807, 2.05) is 19.9 Å². The summed E-state index contributed by atoms with van der Waals surface area (Å²) in [6.45, 7) is 3.81. The zero-order chi connectivity index (χ0) is 14.5. The highest BCUT2D eigenvalue weighted by atomic mass is 32.1. The van der Waals surface area contributed by atoms with Crippen molar-refractivity contribution in [2.24, 2.45) is 0 Å². The molecule has 0 aliphatic rings. The maximum absolute atomic E-state index is 12.2. The molecule has 0 saturated heterocycles. The first-order valence-electron chi connectivity index (χ1n) is 6.04. The molecule has 7 heteroatoms. The minimum atomic E-state index is -0.292. The summed E-state index contributed by atoms with van der Waals surface area (Å²) < 4.78 is 10.5. The molecule has 1 heterocycles. The minimum Gasteiger partial charge on any atom is -0.490 e. The van der Waals surface area contributed by atoms with Gasteiger partial charge >= 0.3 is 0 Å². The van der Waals surface area contributed by atoms with Crippen LogP contribution >= 0.6 is 11.3 Å². The minimum absolute atomic E-state index is 0.00873. The Morgan fingerprint density at radius 3 is 2.70 bits per heavy atom. The quantitative estimate of drug-likeness (QED) is 0.917. The summed E-state index contributed by atoms with van der Waals surface area (Å²) in [6.07, 6.45) is -0.00873. The van der Waals surface area contributed by atoms with Crippen LogP contribution in [0.3, 0.4) is 0 Å². The van der Waals surface area contributed by atoms with E-state index in [2.05, 4.69) is 15.5 Å². The van der Waals surface area contributed by atoms with Gasteiger partial charge in [-0.1, -0.05) is 17.2 Å². The van der Waals surface area contributed by atoms with Crippen LogP contribution in [-0.2, 0) is 0 Å². The van der Waals surface area contributed by atoms with E-state index in [0.29, 0.717) is 21.6 Å². The molecule has 20 heavy (non-hydrogen) atoms. The number of anilines is 1. The molecule has 0 fully saturated rings. The molecule has 0 spiro atoms. The molecule has 0 radical (unpaired) electrons. The van der Waals surface area contributed by atoms with Crippen LogP contribution < -0.4 is 14.8 Å². The van der Waals surface area contributed by atoms with Crippen LogP contribution in [0.2, 0.25) is 0 Å². The number of methoxy groups -OCH3 is 1. The van der Waals surface area contributed by atoms with Crippen LogP contribution in [0.5, 0.6) is 10.9 Å². The van der Waals surface area contributed by atoms with E-state index >= 15 is 0 Å². The highest BCUT2D eigenvalue weighted by Gasteiger charge is 2.15. The van der Waals surface area contributed by atoms with Crippen molar-refractivity contribution in [2.75, 3.05) is 12.4 Å². The zero-order valence-corrected chi connectivity index (χ0v) is 12.2. The molecule has 1 aromatic heterocycles. The smallest absolute Gasteiger partial charge is 0.295 e. The predicted molar refractivity (Wildman–Crippen MR) is 76.6 cm³/mol. The molecule has 6 nitrogen and oxygen atoms in total. The SMILES string of the molecule is COc1nnc(NC(=O)c2ccccc2OC(C)C)s1. The normalized spacial score (nSPS) is 10.4. The lowest BCUT2D eigenvalue weighted by Crippen LogP contribution is -2.15. The fraction of sp³-hybridized carbons (Fsp3) is 0.308. The van der Waals surface area contributed by atoms with E-state index in [1.165, 1.54) is 7.11 Å². The van der Waals surface area contributed by atoms with Crippen molar-refractivity contribution < 1.29 is 14.3 Å². The van der Waals surface area contributed by atoms with Crippen molar-refractivity contribution in [1.82, 2.24) is 10.2 Å². The summed E-state index contributed by atoms with van der Waals surface area (Å²) in [5, 5.41) is 11.0. The number of aromatic nitrogens is 2. The van der Waals surface area contributed by atoms with Crippen LogP contribution in [0.15, 0.2) is 24.3 Å². The van der Waals surface area contributed by atoms with Gasteiger partial charge in [-0.3, -0.25) is 10.1 Å². The molecule has 2 rings (SSSR count). The number of hydrogen-bond donors (Lipinski definition) is 1. The third-order valence-electron chi connectivity index (χ3n) is 2.30. The zero-order valence-electron chi connectivity index (χ0n) is 11.4. The van der Waals surface area contributed by atoms with Gasteiger partial charge in [0.05, 0.1) is 18.8 Å². The first kappa shape index (κ1) is 14.3. The van der Waals surface area contributed by atoms with Crippen molar-refractivity contribution in [3.63, 3.8) is 0 Å². The van der Waals surface area contributed by atoms with Crippen LogP contribution in [0.1, 0.15) is 24.2 Å². The van der Waals surface area contributed by atoms with Crippen LogP contribution in [0.4, 0.5) is 5.13 Å². The monoisotopic (exact) mass is 293 g/mol. The molecular weight excluding hydrogens is 278 g/mol. The number of nitrogens with zero attached hydrogens (tertiary/aromatic N) is 2. The van der Waals surface area contributed by atoms with Crippen molar-refractivity contribution in [1.29, 1.82) is 0 Å². The second-order valence-corrected chi connectivity index (χ2v) is 5.13. The Hall–Kier alpha value is -2.15. The van der Waals surface area contributed by atoms with Crippen molar-refractivity contribution in [2.45, 2.75) is 20.0 Å². The lowest BCUT2D eigenvalue weighted by atomic mass is 10.2. The Morgan fingerprint density at radius 1 is 1.30 bits per heavy atom. The molecular formula is C13H15N3O3S. The van der Waals surface area contributed by atoms with Gasteiger partial charge in [0.1, 0.15) is 5.75 Å². The van der Waals surface area contributed by atoms with Gasteiger partial charge in [0.2, 0.25) is 5.13 Å². The maximum Gasteiger partial charge on any atom is 0.295 e. The summed E-state index contributed by atoms with van der Waals surface area (Å²) in [7, 11) is 1.50. The number of ether oxygens (including phenoxy) is 2. The topological polar surface area (TPSA) is 73.3 Å². The number of rotatable bonds is 5. The molecule has 2 aromatic rings. The summed E-state index contributed by atoms with van der Waals surface area (Å²) in [5.74, 6) is 0.247. The van der Waals surface area contributed by atoms with Crippen molar-refractivity contribution >= 4 is 22.4 Å². The fourth-order valence-electron chi connectivity index (χ4n) is 1.52. The lowest BCUT2D eigenvalue weighted by Gasteiger charge is -2.13. The number of benzene rings is 1. The molecule has 1 N–H and O–H groups in total. The number of hydrogen-bond acceptors (Lipinski definition) is 6. The van der Waals surface area contributed by atoms with Gasteiger partial charge in [-0.15, -0.1) is 5.10 Å². The maximum atomic E-state index is 12.2. The summed E-state index contributed by atoms with van der Waals surface area (Å²) >= 11 is 1.16. The van der Waals surface area contributed by atoms with Gasteiger partial charge in [-0.2, -0.15) is 0 Å². The fourth-order valence-corrected chi connectivity index (χ4v) is 2.07. The third-order valence-corrected chi connectivity index (χ3v) is 3.10.